The van der Waals surface area contributed by atoms with Crippen molar-refractivity contribution < 1.29 is 13.2 Å². The molecule has 20 heavy (non-hydrogen) atoms. The maximum atomic E-state index is 12.7. The van der Waals surface area contributed by atoms with Gasteiger partial charge in [-0.2, -0.15) is 13.2 Å². The van der Waals surface area contributed by atoms with Crippen LogP contribution in [0.5, 0.6) is 0 Å². The molecule has 0 aliphatic carbocycles. The number of benzene rings is 2. The molecule has 0 bridgehead atoms. The molecule has 0 aromatic heterocycles. The Hall–Kier alpha value is -1.97. The largest absolute Gasteiger partial charge is 0.416 e. The first kappa shape index (κ1) is 13.0. The van der Waals surface area contributed by atoms with Crippen LogP contribution in [0.1, 0.15) is 16.7 Å². The first-order valence-corrected chi connectivity index (χ1v) is 6.53. The van der Waals surface area contributed by atoms with Crippen LogP contribution < -0.4 is 4.90 Å². The summed E-state index contributed by atoms with van der Waals surface area (Å²) in [5.41, 5.74) is 2.35. The number of para-hydroxylation sites is 1. The van der Waals surface area contributed by atoms with Crippen LogP contribution in [-0.4, -0.2) is 6.54 Å². The van der Waals surface area contributed by atoms with E-state index in [2.05, 4.69) is 4.90 Å². The Balaban J connectivity index is 1.86. The summed E-state index contributed by atoms with van der Waals surface area (Å²) in [5, 5.41) is 0. The molecule has 2 aromatic carbocycles. The summed E-state index contributed by atoms with van der Waals surface area (Å²) in [6.07, 6.45) is -3.61. The summed E-state index contributed by atoms with van der Waals surface area (Å²) in [6, 6.07) is 14.0. The zero-order chi connectivity index (χ0) is 14.2. The van der Waals surface area contributed by atoms with Crippen LogP contribution >= 0.6 is 0 Å². The van der Waals surface area contributed by atoms with Crippen LogP contribution in [0.3, 0.4) is 0 Å². The van der Waals surface area contributed by atoms with Gasteiger partial charge in [-0.3, -0.25) is 0 Å². The highest BCUT2D eigenvalue weighted by atomic mass is 19.4. The average molecular weight is 277 g/mol. The van der Waals surface area contributed by atoms with Crippen molar-refractivity contribution in [3.8, 4) is 0 Å². The number of hydrogen-bond acceptors (Lipinski definition) is 1. The van der Waals surface area contributed by atoms with Crippen molar-refractivity contribution in [2.24, 2.45) is 0 Å². The van der Waals surface area contributed by atoms with E-state index in [0.717, 1.165) is 23.4 Å². The van der Waals surface area contributed by atoms with E-state index < -0.39 is 11.7 Å². The number of anilines is 1. The molecular weight excluding hydrogens is 263 g/mol. The van der Waals surface area contributed by atoms with Gasteiger partial charge in [-0.15, -0.1) is 0 Å². The molecule has 1 aliphatic rings. The van der Waals surface area contributed by atoms with Gasteiger partial charge in [0.05, 0.1) is 5.56 Å². The second-order valence-electron chi connectivity index (χ2n) is 4.99. The second kappa shape index (κ2) is 4.85. The Morgan fingerprint density at radius 2 is 1.65 bits per heavy atom. The van der Waals surface area contributed by atoms with E-state index in [0.29, 0.717) is 13.0 Å². The standard InChI is InChI=1S/C16H14F3N/c17-16(18,19)14-7-6-13-11-20(9-8-12(13)10-14)15-4-2-1-3-5-15/h1-7,10H,8-9,11H2. The molecule has 2 aromatic rings. The summed E-state index contributed by atoms with van der Waals surface area (Å²) in [7, 11) is 0. The van der Waals surface area contributed by atoms with Gasteiger partial charge in [-0.25, -0.2) is 0 Å². The maximum absolute atomic E-state index is 12.7. The Bertz CT molecular complexity index is 605. The molecule has 3 rings (SSSR count). The Kier molecular flexibility index (Phi) is 3.16. The normalized spacial score (nSPS) is 15.1. The van der Waals surface area contributed by atoms with Gasteiger partial charge in [0.15, 0.2) is 0 Å². The molecule has 0 unspecified atom stereocenters. The van der Waals surface area contributed by atoms with E-state index in [4.69, 9.17) is 0 Å². The molecule has 104 valence electrons. The number of fused-ring (bicyclic) bond motifs is 1. The smallest absolute Gasteiger partial charge is 0.367 e. The number of hydrogen-bond donors (Lipinski definition) is 0. The summed E-state index contributed by atoms with van der Waals surface area (Å²) in [5.74, 6) is 0. The van der Waals surface area contributed by atoms with Gasteiger partial charge >= 0.3 is 6.18 Å². The molecule has 4 heteroatoms. The summed E-state index contributed by atoms with van der Waals surface area (Å²) >= 11 is 0. The summed E-state index contributed by atoms with van der Waals surface area (Å²) in [4.78, 5) is 2.19. The number of halogens is 3. The van der Waals surface area contributed by atoms with Gasteiger partial charge in [-0.05, 0) is 41.8 Å². The fraction of sp³-hybridized carbons (Fsp3) is 0.250. The fourth-order valence-corrected chi connectivity index (χ4v) is 2.59. The molecule has 0 saturated carbocycles. The average Bonchev–Trinajstić information content (AvgIpc) is 2.46. The second-order valence-corrected chi connectivity index (χ2v) is 4.99. The van der Waals surface area contributed by atoms with Crippen LogP contribution in [0, 0.1) is 0 Å². The van der Waals surface area contributed by atoms with Crippen molar-refractivity contribution in [1.82, 2.24) is 0 Å². The topological polar surface area (TPSA) is 3.24 Å². The zero-order valence-corrected chi connectivity index (χ0v) is 10.8. The predicted molar refractivity (Wildman–Crippen MR) is 72.6 cm³/mol. The molecule has 1 aliphatic heterocycles. The lowest BCUT2D eigenvalue weighted by atomic mass is 9.96. The van der Waals surface area contributed by atoms with E-state index in [1.807, 2.05) is 30.3 Å². The minimum Gasteiger partial charge on any atom is -0.367 e. The number of rotatable bonds is 1. The molecule has 0 N–H and O–H groups in total. The summed E-state index contributed by atoms with van der Waals surface area (Å²) < 4.78 is 38.1. The molecule has 0 spiro atoms. The highest BCUT2D eigenvalue weighted by molar-refractivity contribution is 5.49. The van der Waals surface area contributed by atoms with Crippen molar-refractivity contribution in [1.29, 1.82) is 0 Å². The van der Waals surface area contributed by atoms with Crippen LogP contribution in [0.2, 0.25) is 0 Å². The molecule has 0 atom stereocenters. The fourth-order valence-electron chi connectivity index (χ4n) is 2.59. The van der Waals surface area contributed by atoms with Crippen LogP contribution in [0.4, 0.5) is 18.9 Å². The highest BCUT2D eigenvalue weighted by Crippen LogP contribution is 2.32. The lowest BCUT2D eigenvalue weighted by Crippen LogP contribution is -2.30. The monoisotopic (exact) mass is 277 g/mol. The third-order valence-corrected chi connectivity index (χ3v) is 3.67. The van der Waals surface area contributed by atoms with Gasteiger partial charge in [0.2, 0.25) is 0 Å². The van der Waals surface area contributed by atoms with E-state index in [-0.39, 0.29) is 0 Å². The third kappa shape index (κ3) is 2.50. The molecule has 0 fully saturated rings. The Morgan fingerprint density at radius 3 is 2.35 bits per heavy atom. The van der Waals surface area contributed by atoms with Gasteiger partial charge in [0.25, 0.3) is 0 Å². The minimum absolute atomic E-state index is 0.551. The molecule has 0 saturated heterocycles. The van der Waals surface area contributed by atoms with Crippen molar-refractivity contribution in [3.63, 3.8) is 0 Å². The molecule has 0 amide bonds. The first-order chi connectivity index (χ1) is 9.54. The van der Waals surface area contributed by atoms with Crippen molar-refractivity contribution in [2.45, 2.75) is 19.1 Å². The van der Waals surface area contributed by atoms with Crippen LogP contribution in [0.25, 0.3) is 0 Å². The molecule has 0 radical (unpaired) electrons. The Morgan fingerprint density at radius 1 is 0.900 bits per heavy atom. The van der Waals surface area contributed by atoms with Crippen LogP contribution in [-0.2, 0) is 19.1 Å². The molecule has 1 heterocycles. The van der Waals surface area contributed by atoms with E-state index in [1.165, 1.54) is 12.1 Å². The SMILES string of the molecule is FC(F)(F)c1ccc2c(c1)CCN(c1ccccc1)C2. The quantitative estimate of drug-likeness (QED) is 0.752. The van der Waals surface area contributed by atoms with E-state index >= 15 is 0 Å². The van der Waals surface area contributed by atoms with E-state index in [9.17, 15) is 13.2 Å². The van der Waals surface area contributed by atoms with Crippen LogP contribution in [0.15, 0.2) is 48.5 Å². The van der Waals surface area contributed by atoms with Gasteiger partial charge < -0.3 is 4.90 Å². The lowest BCUT2D eigenvalue weighted by Gasteiger charge is -2.31. The van der Waals surface area contributed by atoms with Gasteiger partial charge in [0.1, 0.15) is 0 Å². The van der Waals surface area contributed by atoms with E-state index in [1.54, 1.807) is 6.07 Å². The summed E-state index contributed by atoms with van der Waals surface area (Å²) in [6.45, 7) is 1.41. The number of alkyl halides is 3. The van der Waals surface area contributed by atoms with Gasteiger partial charge in [0, 0.05) is 18.8 Å². The highest BCUT2D eigenvalue weighted by Gasteiger charge is 2.31. The Labute approximate surface area is 115 Å². The maximum Gasteiger partial charge on any atom is 0.416 e. The molecule has 1 nitrogen and oxygen atoms in total. The predicted octanol–water partition coefficient (Wildman–Crippen LogP) is 4.27. The van der Waals surface area contributed by atoms with Crippen molar-refractivity contribution in [3.05, 3.63) is 65.2 Å². The first-order valence-electron chi connectivity index (χ1n) is 6.53. The zero-order valence-electron chi connectivity index (χ0n) is 10.8. The molecular formula is C16H14F3N. The van der Waals surface area contributed by atoms with Gasteiger partial charge in [-0.1, -0.05) is 24.3 Å². The van der Waals surface area contributed by atoms with Crippen molar-refractivity contribution in [2.75, 3.05) is 11.4 Å². The third-order valence-electron chi connectivity index (χ3n) is 3.67. The number of nitrogens with zero attached hydrogens (tertiary/aromatic N) is 1. The minimum atomic E-state index is -4.26. The lowest BCUT2D eigenvalue weighted by molar-refractivity contribution is -0.137. The van der Waals surface area contributed by atoms with Crippen molar-refractivity contribution >= 4 is 5.69 Å².